The Kier molecular flexibility index (Phi) is 4.18. The summed E-state index contributed by atoms with van der Waals surface area (Å²) in [6.45, 7) is 7.62. The van der Waals surface area contributed by atoms with Crippen LogP contribution >= 0.6 is 0 Å². The van der Waals surface area contributed by atoms with Crippen LogP contribution in [-0.2, 0) is 12.8 Å². The summed E-state index contributed by atoms with van der Waals surface area (Å²) in [5.74, 6) is 4.56. The molecule has 3 aromatic rings. The number of rotatable bonds is 3. The van der Waals surface area contributed by atoms with Crippen LogP contribution in [-0.4, -0.2) is 55.9 Å². The minimum Gasteiger partial charge on any atom is -0.353 e. The lowest BCUT2D eigenvalue weighted by molar-refractivity contribution is 0.635. The first kappa shape index (κ1) is 17.1. The maximum Gasteiger partial charge on any atom is 0.159 e. The zero-order chi connectivity index (χ0) is 19.1. The Morgan fingerprint density at radius 3 is 2.36 bits per heavy atom. The summed E-state index contributed by atoms with van der Waals surface area (Å²) in [5, 5.41) is 4.29. The van der Waals surface area contributed by atoms with Gasteiger partial charge in [0, 0.05) is 55.9 Å². The fourth-order valence-corrected chi connectivity index (χ4v) is 4.16. The van der Waals surface area contributed by atoms with Crippen molar-refractivity contribution >= 4 is 11.6 Å². The Balaban J connectivity index is 1.36. The molecule has 4 heterocycles. The quantitative estimate of drug-likeness (QED) is 0.691. The summed E-state index contributed by atoms with van der Waals surface area (Å²) in [7, 11) is 0. The first-order chi connectivity index (χ1) is 13.7. The molecule has 28 heavy (non-hydrogen) atoms. The standard InChI is InChI=1S/C20H24N8/c1-14-22-17-6-3-5-16(17)20(25-14)27-11-9-26(10-12-27)18-13-19(24-15(2)23-18)28-8-4-7-21-28/h4,7-8,13H,3,5-6,9-12H2,1-2H3. The first-order valence-corrected chi connectivity index (χ1v) is 9.89. The van der Waals surface area contributed by atoms with E-state index in [9.17, 15) is 0 Å². The van der Waals surface area contributed by atoms with Gasteiger partial charge in [-0.1, -0.05) is 0 Å². The topological polar surface area (TPSA) is 75.9 Å². The Morgan fingerprint density at radius 1 is 0.821 bits per heavy atom. The van der Waals surface area contributed by atoms with Crippen molar-refractivity contribution in [3.8, 4) is 5.82 Å². The van der Waals surface area contributed by atoms with E-state index in [1.807, 2.05) is 32.2 Å². The van der Waals surface area contributed by atoms with Crippen molar-refractivity contribution in [1.82, 2.24) is 29.7 Å². The SMILES string of the molecule is Cc1nc(N2CCN(c3nc(C)nc4c3CCC4)CC2)cc(-n2cccn2)n1. The van der Waals surface area contributed by atoms with E-state index in [0.29, 0.717) is 0 Å². The number of fused-ring (bicyclic) bond motifs is 1. The molecular formula is C20H24N8. The Hall–Kier alpha value is -3.03. The van der Waals surface area contributed by atoms with Gasteiger partial charge in [0.25, 0.3) is 0 Å². The van der Waals surface area contributed by atoms with Crippen LogP contribution in [0.15, 0.2) is 24.5 Å². The van der Waals surface area contributed by atoms with Gasteiger partial charge in [0.2, 0.25) is 0 Å². The summed E-state index contributed by atoms with van der Waals surface area (Å²) in [4.78, 5) is 23.4. The molecule has 144 valence electrons. The fraction of sp³-hybridized carbons (Fsp3) is 0.450. The van der Waals surface area contributed by atoms with Crippen molar-refractivity contribution in [2.24, 2.45) is 0 Å². The molecule has 8 heteroatoms. The molecular weight excluding hydrogens is 352 g/mol. The van der Waals surface area contributed by atoms with Gasteiger partial charge >= 0.3 is 0 Å². The molecule has 0 bridgehead atoms. The highest BCUT2D eigenvalue weighted by molar-refractivity contribution is 5.53. The van der Waals surface area contributed by atoms with Gasteiger partial charge in [0.1, 0.15) is 23.3 Å². The van der Waals surface area contributed by atoms with E-state index in [0.717, 1.165) is 68.1 Å². The third-order valence-corrected chi connectivity index (χ3v) is 5.48. The second-order valence-corrected chi connectivity index (χ2v) is 7.43. The molecule has 0 atom stereocenters. The molecule has 0 aromatic carbocycles. The van der Waals surface area contributed by atoms with Crippen LogP contribution in [0.3, 0.4) is 0 Å². The molecule has 1 aliphatic heterocycles. The molecule has 3 aromatic heterocycles. The predicted octanol–water partition coefficient (Wildman–Crippen LogP) is 1.88. The number of anilines is 2. The van der Waals surface area contributed by atoms with Crippen molar-refractivity contribution in [1.29, 1.82) is 0 Å². The lowest BCUT2D eigenvalue weighted by Gasteiger charge is -2.37. The zero-order valence-electron chi connectivity index (χ0n) is 16.3. The highest BCUT2D eigenvalue weighted by Crippen LogP contribution is 2.30. The minimum atomic E-state index is 0.759. The van der Waals surface area contributed by atoms with Crippen molar-refractivity contribution < 1.29 is 0 Å². The van der Waals surface area contributed by atoms with E-state index in [1.54, 1.807) is 10.9 Å². The smallest absolute Gasteiger partial charge is 0.159 e. The number of piperazine rings is 1. The zero-order valence-corrected chi connectivity index (χ0v) is 16.3. The third-order valence-electron chi connectivity index (χ3n) is 5.48. The van der Waals surface area contributed by atoms with Crippen molar-refractivity contribution in [3.63, 3.8) is 0 Å². The monoisotopic (exact) mass is 376 g/mol. The van der Waals surface area contributed by atoms with Gasteiger partial charge in [0.05, 0.1) is 0 Å². The molecule has 0 saturated carbocycles. The van der Waals surface area contributed by atoms with E-state index in [-0.39, 0.29) is 0 Å². The van der Waals surface area contributed by atoms with Crippen LogP contribution < -0.4 is 9.80 Å². The largest absolute Gasteiger partial charge is 0.353 e. The van der Waals surface area contributed by atoms with Crippen LogP contribution in [0, 0.1) is 13.8 Å². The maximum absolute atomic E-state index is 4.79. The van der Waals surface area contributed by atoms with E-state index < -0.39 is 0 Å². The summed E-state index contributed by atoms with van der Waals surface area (Å²) < 4.78 is 1.78. The van der Waals surface area contributed by atoms with Gasteiger partial charge in [0.15, 0.2) is 5.82 Å². The van der Waals surface area contributed by atoms with Crippen molar-refractivity contribution in [3.05, 3.63) is 47.4 Å². The highest BCUT2D eigenvalue weighted by Gasteiger charge is 2.26. The second-order valence-electron chi connectivity index (χ2n) is 7.43. The van der Waals surface area contributed by atoms with Crippen LogP contribution in [0.2, 0.25) is 0 Å². The molecule has 5 rings (SSSR count). The molecule has 0 spiro atoms. The van der Waals surface area contributed by atoms with Crippen LogP contribution in [0.4, 0.5) is 11.6 Å². The van der Waals surface area contributed by atoms with Gasteiger partial charge in [-0.05, 0) is 39.2 Å². The summed E-state index contributed by atoms with van der Waals surface area (Å²) in [5.41, 5.74) is 2.61. The number of nitrogens with zero attached hydrogens (tertiary/aromatic N) is 8. The van der Waals surface area contributed by atoms with Crippen molar-refractivity contribution in [2.75, 3.05) is 36.0 Å². The molecule has 0 radical (unpaired) electrons. The molecule has 1 saturated heterocycles. The van der Waals surface area contributed by atoms with E-state index in [2.05, 4.69) is 29.9 Å². The Morgan fingerprint density at radius 2 is 1.57 bits per heavy atom. The normalized spacial score (nSPS) is 16.5. The lowest BCUT2D eigenvalue weighted by Crippen LogP contribution is -2.47. The maximum atomic E-state index is 4.79. The van der Waals surface area contributed by atoms with Gasteiger partial charge < -0.3 is 9.80 Å². The molecule has 0 N–H and O–H groups in total. The Bertz CT molecular complexity index is 990. The van der Waals surface area contributed by atoms with E-state index in [1.165, 1.54) is 17.7 Å². The van der Waals surface area contributed by atoms with E-state index in [4.69, 9.17) is 4.98 Å². The first-order valence-electron chi connectivity index (χ1n) is 9.89. The number of hydrogen-bond donors (Lipinski definition) is 0. The average molecular weight is 376 g/mol. The predicted molar refractivity (Wildman–Crippen MR) is 107 cm³/mol. The van der Waals surface area contributed by atoms with E-state index >= 15 is 0 Å². The van der Waals surface area contributed by atoms with Crippen LogP contribution in [0.1, 0.15) is 29.3 Å². The van der Waals surface area contributed by atoms with Gasteiger partial charge in [-0.3, -0.25) is 0 Å². The highest BCUT2D eigenvalue weighted by atomic mass is 15.3. The third kappa shape index (κ3) is 3.08. The summed E-state index contributed by atoms with van der Waals surface area (Å²) in [6, 6.07) is 3.92. The molecule has 2 aliphatic rings. The van der Waals surface area contributed by atoms with Crippen molar-refractivity contribution in [2.45, 2.75) is 33.1 Å². The molecule has 1 aliphatic carbocycles. The molecule has 8 nitrogen and oxygen atoms in total. The van der Waals surface area contributed by atoms with Gasteiger partial charge in [-0.2, -0.15) is 5.10 Å². The summed E-state index contributed by atoms with van der Waals surface area (Å²) >= 11 is 0. The second kappa shape index (κ2) is 6.85. The fourth-order valence-electron chi connectivity index (χ4n) is 4.16. The number of aromatic nitrogens is 6. The molecule has 0 unspecified atom stereocenters. The molecule has 1 fully saturated rings. The molecule has 0 amide bonds. The van der Waals surface area contributed by atoms with Gasteiger partial charge in [-0.25, -0.2) is 24.6 Å². The minimum absolute atomic E-state index is 0.759. The average Bonchev–Trinajstić information content (AvgIpc) is 3.39. The summed E-state index contributed by atoms with van der Waals surface area (Å²) in [6.07, 6.45) is 7.04. The van der Waals surface area contributed by atoms with Crippen LogP contribution in [0.5, 0.6) is 0 Å². The number of hydrogen-bond acceptors (Lipinski definition) is 7. The van der Waals surface area contributed by atoms with Gasteiger partial charge in [-0.15, -0.1) is 0 Å². The number of aryl methyl sites for hydroxylation is 3. The Labute approximate surface area is 164 Å². The lowest BCUT2D eigenvalue weighted by atomic mass is 10.2. The van der Waals surface area contributed by atoms with Crippen LogP contribution in [0.25, 0.3) is 5.82 Å².